The first-order chi connectivity index (χ1) is 13.6. The summed E-state index contributed by atoms with van der Waals surface area (Å²) in [5, 5.41) is 10.1. The minimum absolute atomic E-state index is 0.403. The highest BCUT2D eigenvalue weighted by molar-refractivity contribution is 5.93. The quantitative estimate of drug-likeness (QED) is 0.715. The number of rotatable bonds is 4. The second-order valence-corrected chi connectivity index (χ2v) is 6.60. The lowest BCUT2D eigenvalue weighted by atomic mass is 9.98. The number of pyridine rings is 1. The Morgan fingerprint density at radius 1 is 1.18 bits per heavy atom. The highest BCUT2D eigenvalue weighted by Crippen LogP contribution is 2.35. The van der Waals surface area contributed by atoms with Gasteiger partial charge in [-0.2, -0.15) is 0 Å². The molecule has 0 fully saturated rings. The van der Waals surface area contributed by atoms with Gasteiger partial charge in [0.2, 0.25) is 0 Å². The molecule has 7 heteroatoms. The summed E-state index contributed by atoms with van der Waals surface area (Å²) in [6.07, 6.45) is 5.54. The first kappa shape index (κ1) is 17.9. The zero-order valence-electron chi connectivity index (χ0n) is 15.7. The van der Waals surface area contributed by atoms with Crippen LogP contribution in [0.15, 0.2) is 42.7 Å². The number of carbonyl (C=O) groups is 1. The molecule has 3 heterocycles. The summed E-state index contributed by atoms with van der Waals surface area (Å²) in [6.45, 7) is 0.900. The number of hydrogen-bond acceptors (Lipinski definition) is 4. The summed E-state index contributed by atoms with van der Waals surface area (Å²) in [5.41, 5.74) is 4.96. The van der Waals surface area contributed by atoms with Gasteiger partial charge in [0, 0.05) is 42.0 Å². The van der Waals surface area contributed by atoms with Crippen LogP contribution in [0.1, 0.15) is 12.0 Å². The Balaban J connectivity index is 1.72. The zero-order chi connectivity index (χ0) is 19.7. The fourth-order valence-corrected chi connectivity index (χ4v) is 3.53. The van der Waals surface area contributed by atoms with Gasteiger partial charge in [-0.15, -0.1) is 0 Å². The monoisotopic (exact) mass is 379 g/mol. The standard InChI is InChI=1S/C21H21N3O4/c1-27-18-4-3-14(10-19(18)28-2)15-9-16-17(12-23-20(16)22-11-15)13-5-7-24(8-6-13)21(25)26/h3-5,9-12H,6-8H2,1-2H3,(H,22,23)(H,25,26). The maximum absolute atomic E-state index is 11.1. The van der Waals surface area contributed by atoms with E-state index in [2.05, 4.69) is 16.0 Å². The number of nitrogens with zero attached hydrogens (tertiary/aromatic N) is 2. The van der Waals surface area contributed by atoms with E-state index in [0.29, 0.717) is 31.0 Å². The molecule has 1 aliphatic rings. The van der Waals surface area contributed by atoms with Gasteiger partial charge < -0.3 is 24.5 Å². The summed E-state index contributed by atoms with van der Waals surface area (Å²) in [5.74, 6) is 1.34. The van der Waals surface area contributed by atoms with Crippen LogP contribution in [0.25, 0.3) is 27.7 Å². The zero-order valence-corrected chi connectivity index (χ0v) is 15.7. The number of carboxylic acid groups (broad SMARTS) is 1. The van der Waals surface area contributed by atoms with Gasteiger partial charge in [0.05, 0.1) is 14.2 Å². The molecular formula is C21H21N3O4. The molecule has 3 aromatic rings. The van der Waals surface area contributed by atoms with Gasteiger partial charge in [-0.25, -0.2) is 9.78 Å². The van der Waals surface area contributed by atoms with Crippen molar-refractivity contribution in [1.82, 2.24) is 14.9 Å². The maximum atomic E-state index is 11.1. The molecule has 4 rings (SSSR count). The van der Waals surface area contributed by atoms with E-state index in [1.807, 2.05) is 36.7 Å². The minimum Gasteiger partial charge on any atom is -0.493 e. The van der Waals surface area contributed by atoms with Crippen LogP contribution >= 0.6 is 0 Å². The van der Waals surface area contributed by atoms with E-state index in [1.165, 1.54) is 4.90 Å². The Bertz CT molecular complexity index is 1070. The van der Waals surface area contributed by atoms with Crippen molar-refractivity contribution in [3.8, 4) is 22.6 Å². The second kappa shape index (κ2) is 7.26. The molecule has 0 saturated carbocycles. The van der Waals surface area contributed by atoms with Crippen LogP contribution in [0.3, 0.4) is 0 Å². The third-order valence-corrected chi connectivity index (χ3v) is 5.07. The molecule has 0 atom stereocenters. The number of ether oxygens (including phenoxy) is 2. The highest BCUT2D eigenvalue weighted by Gasteiger charge is 2.19. The highest BCUT2D eigenvalue weighted by atomic mass is 16.5. The van der Waals surface area contributed by atoms with E-state index in [4.69, 9.17) is 14.6 Å². The Hall–Kier alpha value is -3.48. The molecule has 7 nitrogen and oxygen atoms in total. The van der Waals surface area contributed by atoms with Crippen molar-refractivity contribution in [2.75, 3.05) is 27.3 Å². The fourth-order valence-electron chi connectivity index (χ4n) is 3.53. The van der Waals surface area contributed by atoms with Gasteiger partial charge in [-0.1, -0.05) is 12.1 Å². The van der Waals surface area contributed by atoms with Gasteiger partial charge in [-0.3, -0.25) is 0 Å². The summed E-state index contributed by atoms with van der Waals surface area (Å²) in [4.78, 5) is 20.3. The molecule has 0 bridgehead atoms. The van der Waals surface area contributed by atoms with Crippen molar-refractivity contribution in [3.63, 3.8) is 0 Å². The summed E-state index contributed by atoms with van der Waals surface area (Å²) in [6, 6.07) is 7.88. The fraction of sp³-hybridized carbons (Fsp3) is 0.238. The van der Waals surface area contributed by atoms with E-state index in [0.717, 1.165) is 33.3 Å². The molecule has 1 aromatic carbocycles. The second-order valence-electron chi connectivity index (χ2n) is 6.60. The molecule has 0 saturated heterocycles. The number of fused-ring (bicyclic) bond motifs is 1. The first-order valence-corrected chi connectivity index (χ1v) is 8.97. The first-order valence-electron chi connectivity index (χ1n) is 8.97. The van der Waals surface area contributed by atoms with Gasteiger partial charge in [0.25, 0.3) is 0 Å². The lowest BCUT2D eigenvalue weighted by Crippen LogP contribution is -2.33. The van der Waals surface area contributed by atoms with Crippen molar-refractivity contribution in [1.29, 1.82) is 0 Å². The smallest absolute Gasteiger partial charge is 0.407 e. The Morgan fingerprint density at radius 2 is 2.00 bits per heavy atom. The van der Waals surface area contributed by atoms with E-state index >= 15 is 0 Å². The predicted octanol–water partition coefficient (Wildman–Crippen LogP) is 4.01. The van der Waals surface area contributed by atoms with Gasteiger partial charge in [-0.05, 0) is 35.8 Å². The number of amides is 1. The van der Waals surface area contributed by atoms with Crippen molar-refractivity contribution < 1.29 is 19.4 Å². The molecule has 144 valence electrons. The third-order valence-electron chi connectivity index (χ3n) is 5.07. The van der Waals surface area contributed by atoms with Crippen LogP contribution in [0.2, 0.25) is 0 Å². The number of H-pyrrole nitrogens is 1. The van der Waals surface area contributed by atoms with Crippen molar-refractivity contribution >= 4 is 22.7 Å². The van der Waals surface area contributed by atoms with Gasteiger partial charge in [0.1, 0.15) is 5.65 Å². The number of aromatic nitrogens is 2. The van der Waals surface area contributed by atoms with Crippen molar-refractivity contribution in [2.45, 2.75) is 6.42 Å². The molecule has 0 radical (unpaired) electrons. The van der Waals surface area contributed by atoms with Crippen molar-refractivity contribution in [2.24, 2.45) is 0 Å². The number of methoxy groups -OCH3 is 2. The van der Waals surface area contributed by atoms with Crippen LogP contribution < -0.4 is 9.47 Å². The van der Waals surface area contributed by atoms with Crippen LogP contribution in [-0.2, 0) is 0 Å². The number of nitrogens with one attached hydrogen (secondary N) is 1. The minimum atomic E-state index is -0.883. The molecule has 0 unspecified atom stereocenters. The molecule has 2 N–H and O–H groups in total. The molecule has 1 aliphatic heterocycles. The molecular weight excluding hydrogens is 358 g/mol. The lowest BCUT2D eigenvalue weighted by Gasteiger charge is -2.23. The summed E-state index contributed by atoms with van der Waals surface area (Å²) >= 11 is 0. The Kier molecular flexibility index (Phi) is 4.65. The van der Waals surface area contributed by atoms with Crippen LogP contribution in [0.4, 0.5) is 4.79 Å². The molecule has 0 spiro atoms. The average Bonchev–Trinajstić information content (AvgIpc) is 3.16. The summed E-state index contributed by atoms with van der Waals surface area (Å²) in [7, 11) is 3.23. The SMILES string of the molecule is COc1ccc(-c2cnc3[nH]cc(C4=CCN(C(=O)O)CC4)c3c2)cc1OC. The topological polar surface area (TPSA) is 87.7 Å². The van der Waals surface area contributed by atoms with Crippen molar-refractivity contribution in [3.05, 3.63) is 48.3 Å². The molecule has 1 amide bonds. The molecule has 0 aliphatic carbocycles. The predicted molar refractivity (Wildman–Crippen MR) is 107 cm³/mol. The largest absolute Gasteiger partial charge is 0.493 e. The normalized spacial score (nSPS) is 14.1. The van der Waals surface area contributed by atoms with Gasteiger partial charge >= 0.3 is 6.09 Å². The Labute approximate surface area is 162 Å². The lowest BCUT2D eigenvalue weighted by molar-refractivity contribution is 0.150. The summed E-state index contributed by atoms with van der Waals surface area (Å²) < 4.78 is 10.7. The molecule has 2 aromatic heterocycles. The number of benzene rings is 1. The maximum Gasteiger partial charge on any atom is 0.407 e. The van der Waals surface area contributed by atoms with E-state index in [1.54, 1.807) is 14.2 Å². The number of hydrogen-bond donors (Lipinski definition) is 2. The van der Waals surface area contributed by atoms with E-state index in [-0.39, 0.29) is 0 Å². The average molecular weight is 379 g/mol. The number of aromatic amines is 1. The van der Waals surface area contributed by atoms with E-state index in [9.17, 15) is 4.79 Å². The third kappa shape index (κ3) is 3.15. The van der Waals surface area contributed by atoms with Crippen LogP contribution in [0, 0.1) is 0 Å². The molecule has 28 heavy (non-hydrogen) atoms. The van der Waals surface area contributed by atoms with Crippen LogP contribution in [0.5, 0.6) is 11.5 Å². The van der Waals surface area contributed by atoms with Crippen LogP contribution in [-0.4, -0.2) is 53.4 Å². The Morgan fingerprint density at radius 3 is 2.68 bits per heavy atom. The van der Waals surface area contributed by atoms with E-state index < -0.39 is 6.09 Å². The van der Waals surface area contributed by atoms with Gasteiger partial charge in [0.15, 0.2) is 11.5 Å².